The number of aliphatic hydroxyl groups is 4. The Labute approximate surface area is 246 Å². The molecule has 0 amide bonds. The van der Waals surface area contributed by atoms with E-state index in [9.17, 15) is 49.2 Å². The van der Waals surface area contributed by atoms with Gasteiger partial charge in [0, 0.05) is 5.57 Å². The Hall–Kier alpha value is -2.72. The molecule has 9 N–H and O–H groups in total. The van der Waals surface area contributed by atoms with Crippen LogP contribution in [0.5, 0.6) is 0 Å². The van der Waals surface area contributed by atoms with E-state index in [1.54, 1.807) is 0 Å². The minimum absolute atomic E-state index is 0.0467. The summed E-state index contributed by atoms with van der Waals surface area (Å²) in [5.74, 6) is -1.39. The lowest BCUT2D eigenvalue weighted by atomic mass is 10.1. The molecule has 0 bridgehead atoms. The largest absolute Gasteiger partial charge is 0.545 e. The molecule has 242 valence electrons. The van der Waals surface area contributed by atoms with Gasteiger partial charge in [-0.15, -0.1) is 0 Å². The van der Waals surface area contributed by atoms with Crippen LogP contribution in [0.15, 0.2) is 36.6 Å². The zero-order chi connectivity index (χ0) is 32.0. The molecule has 5 rings (SSSR count). The molecule has 2 aromatic rings. The molecule has 5 heterocycles. The van der Waals surface area contributed by atoms with Crippen molar-refractivity contribution in [1.82, 2.24) is 19.5 Å². The fraction of sp³-hybridized carbons (Fsp3) is 0.524. The Morgan fingerprint density at radius 2 is 1.66 bits per heavy atom. The fourth-order valence-corrected chi connectivity index (χ4v) is 6.91. The van der Waals surface area contributed by atoms with Crippen molar-refractivity contribution in [3.8, 4) is 0 Å². The molecule has 21 nitrogen and oxygen atoms in total. The standard InChI is InChI=1S/C21H28N6O15P2/c22-17-12-18(24-7-23-17)27(8-25-12)20-16(31)14(29)11(41-20)6-39-44(36,37)42-43(34,35)38-5-10-13(28)15(30)19(40-10)26-3-1-2-9(4-26)21(32)33/h1-3,7-8,10-11,13-16,19-20,28-31H,4-6H2,(H,32,33)(H,34,35)(H,36,37)(H2,22,23,24)/t10-,11+,13+,14-,15+,16-,19-,20+/m1/s1. The smallest absolute Gasteiger partial charge is 0.481 e. The van der Waals surface area contributed by atoms with Crippen LogP contribution in [0.25, 0.3) is 11.2 Å². The number of allylic oxidation sites excluding steroid dienone is 2. The van der Waals surface area contributed by atoms with Crippen molar-refractivity contribution >= 4 is 38.6 Å². The first-order valence-corrected chi connectivity index (χ1v) is 15.7. The zero-order valence-electron chi connectivity index (χ0n) is 22.2. The van der Waals surface area contributed by atoms with E-state index in [1.165, 1.54) is 29.2 Å². The number of nitrogens with zero attached hydrogens (tertiary/aromatic N) is 4. The SMILES string of the molecule is Nc1ncnc2c1ncn2[C@H]1O[C@@H](COP(=O)(O)OP(=O)(O)OC[C@H]2O[C@@H]([NH+]3C=CC=C(C(=O)[O-])C3)[C@@H](O)[C@H]2O)[C@@H](O)[C@H]1O. The van der Waals surface area contributed by atoms with Gasteiger partial charge in [0.1, 0.15) is 48.9 Å². The monoisotopic (exact) mass is 666 g/mol. The van der Waals surface area contributed by atoms with Crippen molar-refractivity contribution in [2.24, 2.45) is 0 Å². The first-order valence-electron chi connectivity index (χ1n) is 12.7. The molecule has 0 aliphatic carbocycles. The number of hydrogen-bond acceptors (Lipinski definition) is 17. The maximum absolute atomic E-state index is 12.4. The fourth-order valence-electron chi connectivity index (χ4n) is 4.82. The normalized spacial score (nSPS) is 35.0. The van der Waals surface area contributed by atoms with Crippen LogP contribution in [0.1, 0.15) is 6.23 Å². The molecule has 0 aromatic carbocycles. The Morgan fingerprint density at radius 1 is 1.02 bits per heavy atom. The van der Waals surface area contributed by atoms with Crippen LogP contribution in [-0.4, -0.2) is 118 Å². The number of carbonyl (C=O) groups excluding carboxylic acids is 1. The molecule has 3 aliphatic heterocycles. The number of fused-ring (bicyclic) bond motifs is 1. The number of aromatic nitrogens is 4. The number of carboxylic acids is 1. The summed E-state index contributed by atoms with van der Waals surface area (Å²) < 4.78 is 50.7. The number of carboxylic acid groups (broad SMARTS) is 1. The zero-order valence-corrected chi connectivity index (χ0v) is 24.0. The highest BCUT2D eigenvalue weighted by atomic mass is 31.3. The molecule has 3 aliphatic rings. The van der Waals surface area contributed by atoms with Gasteiger partial charge in [0.15, 0.2) is 23.8 Å². The van der Waals surface area contributed by atoms with Crippen molar-refractivity contribution in [3.63, 3.8) is 0 Å². The quantitative estimate of drug-likeness (QED) is 0.104. The highest BCUT2D eigenvalue weighted by Crippen LogP contribution is 2.60. The molecular formula is C21H28N6O15P2. The summed E-state index contributed by atoms with van der Waals surface area (Å²) in [6.45, 7) is -1.97. The average molecular weight is 666 g/mol. The number of imidazole rings is 1. The van der Waals surface area contributed by atoms with Crippen molar-refractivity contribution in [1.29, 1.82) is 0 Å². The maximum atomic E-state index is 12.4. The van der Waals surface area contributed by atoms with E-state index in [0.717, 1.165) is 6.33 Å². The number of phosphoric acid groups is 2. The molecular weight excluding hydrogens is 638 g/mol. The minimum atomic E-state index is -5.38. The predicted molar refractivity (Wildman–Crippen MR) is 137 cm³/mol. The molecule has 11 atom stereocenters. The van der Waals surface area contributed by atoms with E-state index in [1.807, 2.05) is 0 Å². The second-order valence-electron chi connectivity index (χ2n) is 9.91. The van der Waals surface area contributed by atoms with Crippen LogP contribution in [0.3, 0.4) is 0 Å². The van der Waals surface area contributed by atoms with E-state index in [0.29, 0.717) is 0 Å². The highest BCUT2D eigenvalue weighted by Gasteiger charge is 2.50. The third-order valence-electron chi connectivity index (χ3n) is 7.00. The summed E-state index contributed by atoms with van der Waals surface area (Å²) in [6, 6.07) is 0. The number of ether oxygens (including phenoxy) is 2. The van der Waals surface area contributed by atoms with Gasteiger partial charge in [0.25, 0.3) is 0 Å². The summed E-state index contributed by atoms with van der Waals surface area (Å²) in [5.41, 5.74) is 5.99. The number of phosphoric ester groups is 2. The number of aliphatic carboxylic acids is 1. The van der Waals surface area contributed by atoms with Gasteiger partial charge >= 0.3 is 15.6 Å². The molecule has 2 fully saturated rings. The molecule has 0 saturated carbocycles. The lowest BCUT2D eigenvalue weighted by molar-refractivity contribution is -0.898. The van der Waals surface area contributed by atoms with E-state index in [2.05, 4.69) is 23.8 Å². The number of hydrogen-bond donors (Lipinski definition) is 8. The molecule has 2 saturated heterocycles. The molecule has 2 aromatic heterocycles. The van der Waals surface area contributed by atoms with Gasteiger partial charge in [0.2, 0.25) is 6.23 Å². The van der Waals surface area contributed by atoms with Gasteiger partial charge in [-0.2, -0.15) is 4.31 Å². The number of carbonyl (C=O) groups is 1. The van der Waals surface area contributed by atoms with Gasteiger partial charge in [-0.25, -0.2) is 24.1 Å². The van der Waals surface area contributed by atoms with Crippen LogP contribution in [-0.2, 0) is 36.8 Å². The molecule has 44 heavy (non-hydrogen) atoms. The van der Waals surface area contributed by atoms with Crippen molar-refractivity contribution in [2.75, 3.05) is 25.5 Å². The topological polar surface area (TPSA) is 316 Å². The summed E-state index contributed by atoms with van der Waals surface area (Å²) in [4.78, 5) is 43.3. The number of anilines is 1. The van der Waals surface area contributed by atoms with E-state index < -0.39 is 83.9 Å². The summed E-state index contributed by atoms with van der Waals surface area (Å²) in [7, 11) is -10.8. The van der Waals surface area contributed by atoms with E-state index in [-0.39, 0.29) is 34.0 Å². The van der Waals surface area contributed by atoms with Crippen LogP contribution >= 0.6 is 15.6 Å². The Bertz CT molecular complexity index is 1550. The first kappa shape index (κ1) is 32.7. The van der Waals surface area contributed by atoms with E-state index in [4.69, 9.17) is 19.7 Å². The molecule has 3 unspecified atom stereocenters. The van der Waals surface area contributed by atoms with Crippen LogP contribution in [0, 0.1) is 0 Å². The van der Waals surface area contributed by atoms with Gasteiger partial charge < -0.3 is 55.3 Å². The van der Waals surface area contributed by atoms with Crippen LogP contribution in [0.2, 0.25) is 0 Å². The van der Waals surface area contributed by atoms with Gasteiger partial charge in [0.05, 0.1) is 31.7 Å². The third kappa shape index (κ3) is 6.76. The van der Waals surface area contributed by atoms with Crippen molar-refractivity contribution < 1.29 is 77.0 Å². The number of nitrogen functional groups attached to an aromatic ring is 1. The van der Waals surface area contributed by atoms with Gasteiger partial charge in [-0.1, -0.05) is 0 Å². The summed E-state index contributed by atoms with van der Waals surface area (Å²) in [6.07, 6.45) is -5.35. The summed E-state index contributed by atoms with van der Waals surface area (Å²) in [5, 5.41) is 52.7. The Morgan fingerprint density at radius 3 is 2.32 bits per heavy atom. The molecule has 0 radical (unpaired) electrons. The lowest BCUT2D eigenvalue weighted by Gasteiger charge is -2.26. The van der Waals surface area contributed by atoms with Crippen LogP contribution < -0.4 is 15.7 Å². The minimum Gasteiger partial charge on any atom is -0.545 e. The Kier molecular flexibility index (Phi) is 9.34. The Balaban J connectivity index is 1.14. The second-order valence-corrected chi connectivity index (χ2v) is 12.9. The predicted octanol–water partition coefficient (Wildman–Crippen LogP) is -5.19. The summed E-state index contributed by atoms with van der Waals surface area (Å²) >= 11 is 0. The lowest BCUT2D eigenvalue weighted by Crippen LogP contribution is -3.13. The number of nitrogens with two attached hydrogens (primary N) is 1. The van der Waals surface area contributed by atoms with Gasteiger partial charge in [-0.3, -0.25) is 18.5 Å². The number of nitrogens with one attached hydrogen (secondary N) is 1. The highest BCUT2D eigenvalue weighted by molar-refractivity contribution is 7.61. The van der Waals surface area contributed by atoms with Crippen molar-refractivity contribution in [2.45, 2.75) is 49.1 Å². The molecule has 23 heteroatoms. The van der Waals surface area contributed by atoms with Crippen molar-refractivity contribution in [3.05, 3.63) is 36.6 Å². The molecule has 0 spiro atoms. The average Bonchev–Trinajstić information content (AvgIpc) is 3.61. The van der Waals surface area contributed by atoms with Crippen LogP contribution in [0.4, 0.5) is 5.82 Å². The maximum Gasteiger partial charge on any atom is 0.481 e. The second kappa shape index (κ2) is 12.6. The van der Waals surface area contributed by atoms with Gasteiger partial charge in [-0.05, 0) is 12.2 Å². The number of quaternary nitrogens is 1. The van der Waals surface area contributed by atoms with E-state index >= 15 is 0 Å². The third-order valence-corrected chi connectivity index (χ3v) is 9.60. The number of rotatable bonds is 11. The first-order chi connectivity index (χ1) is 20.7. The number of aliphatic hydroxyl groups excluding tert-OH is 4.